The van der Waals surface area contributed by atoms with Crippen LogP contribution in [-0.2, 0) is 11.0 Å². The molecule has 0 bridgehead atoms. The van der Waals surface area contributed by atoms with E-state index in [4.69, 9.17) is 0 Å². The van der Waals surface area contributed by atoms with Gasteiger partial charge >= 0.3 is 0 Å². The van der Waals surface area contributed by atoms with Gasteiger partial charge < -0.3 is 5.11 Å². The molecule has 0 radical (unpaired) electrons. The first-order valence-electron chi connectivity index (χ1n) is 4.31. The summed E-state index contributed by atoms with van der Waals surface area (Å²) in [5.41, 5.74) is -0.120. The molecule has 0 aromatic heterocycles. The summed E-state index contributed by atoms with van der Waals surface area (Å²) in [4.78, 5) is 0. The minimum absolute atomic E-state index is 0.120. The molecule has 12 heavy (non-hydrogen) atoms. The lowest BCUT2D eigenvalue weighted by Gasteiger charge is -2.49. The van der Waals surface area contributed by atoms with Crippen LogP contribution in [0, 0.1) is 5.41 Å². The highest BCUT2D eigenvalue weighted by atomic mass is 32.2. The standard InChI is InChI=1S/C8H17NO2S/c1-4-12(11)9-6-5-7(10)8(6,2)3/h6-7,9-10H,4-5H2,1-3H3. The lowest BCUT2D eigenvalue weighted by molar-refractivity contribution is -0.0641. The van der Waals surface area contributed by atoms with Crippen molar-refractivity contribution in [3.8, 4) is 0 Å². The van der Waals surface area contributed by atoms with E-state index >= 15 is 0 Å². The Labute approximate surface area is 76.1 Å². The van der Waals surface area contributed by atoms with E-state index in [9.17, 15) is 9.32 Å². The van der Waals surface area contributed by atoms with E-state index in [2.05, 4.69) is 4.72 Å². The minimum atomic E-state index is -0.928. The van der Waals surface area contributed by atoms with Crippen LogP contribution in [0.3, 0.4) is 0 Å². The van der Waals surface area contributed by atoms with Crippen LogP contribution in [0.4, 0.5) is 0 Å². The van der Waals surface area contributed by atoms with E-state index in [1.807, 2.05) is 20.8 Å². The van der Waals surface area contributed by atoms with Crippen molar-refractivity contribution in [2.75, 3.05) is 5.75 Å². The Morgan fingerprint density at radius 1 is 1.67 bits per heavy atom. The maximum Gasteiger partial charge on any atom is 0.0915 e. The van der Waals surface area contributed by atoms with Crippen molar-refractivity contribution < 1.29 is 9.32 Å². The summed E-state index contributed by atoms with van der Waals surface area (Å²) < 4.78 is 14.1. The topological polar surface area (TPSA) is 49.3 Å². The van der Waals surface area contributed by atoms with E-state index in [-0.39, 0.29) is 17.6 Å². The maximum atomic E-state index is 11.1. The summed E-state index contributed by atoms with van der Waals surface area (Å²) in [5, 5.41) is 9.39. The van der Waals surface area contributed by atoms with Crippen molar-refractivity contribution in [2.45, 2.75) is 39.3 Å². The molecule has 0 amide bonds. The van der Waals surface area contributed by atoms with Gasteiger partial charge in [-0.3, -0.25) is 0 Å². The van der Waals surface area contributed by atoms with E-state index in [1.54, 1.807) is 0 Å². The highest BCUT2D eigenvalue weighted by Crippen LogP contribution is 2.40. The molecular weight excluding hydrogens is 174 g/mol. The zero-order valence-electron chi connectivity index (χ0n) is 7.83. The zero-order chi connectivity index (χ0) is 9.35. The number of hydrogen-bond acceptors (Lipinski definition) is 2. The molecule has 1 aliphatic carbocycles. The third-order valence-electron chi connectivity index (χ3n) is 2.75. The molecule has 1 fully saturated rings. The SMILES string of the molecule is CCS(=O)NC1CC(O)C1(C)C. The smallest absolute Gasteiger partial charge is 0.0915 e. The number of aliphatic hydroxyl groups excluding tert-OH is 1. The third kappa shape index (κ3) is 1.70. The summed E-state index contributed by atoms with van der Waals surface area (Å²) in [6.07, 6.45) is 0.475. The van der Waals surface area contributed by atoms with Gasteiger partial charge in [0, 0.05) is 17.2 Å². The number of nitrogens with one attached hydrogen (secondary N) is 1. The molecule has 1 saturated carbocycles. The molecule has 0 saturated heterocycles. The van der Waals surface area contributed by atoms with E-state index in [1.165, 1.54) is 0 Å². The van der Waals surface area contributed by atoms with Gasteiger partial charge in [-0.05, 0) is 6.42 Å². The lowest BCUT2D eigenvalue weighted by atomic mass is 9.65. The second kappa shape index (κ2) is 3.44. The second-order valence-corrected chi connectivity index (χ2v) is 5.38. The first-order chi connectivity index (χ1) is 5.48. The van der Waals surface area contributed by atoms with E-state index in [0.717, 1.165) is 6.42 Å². The first kappa shape index (κ1) is 10.2. The van der Waals surface area contributed by atoms with Crippen molar-refractivity contribution in [1.82, 2.24) is 4.72 Å². The normalized spacial score (nSPS) is 35.7. The Balaban J connectivity index is 2.42. The van der Waals surface area contributed by atoms with Gasteiger partial charge in [0.05, 0.1) is 17.1 Å². The van der Waals surface area contributed by atoms with Crippen LogP contribution in [0.15, 0.2) is 0 Å². The van der Waals surface area contributed by atoms with Gasteiger partial charge in [-0.25, -0.2) is 8.93 Å². The fourth-order valence-corrected chi connectivity index (χ4v) is 2.23. The summed E-state index contributed by atoms with van der Waals surface area (Å²) in [7, 11) is -0.928. The van der Waals surface area contributed by atoms with Gasteiger partial charge in [-0.15, -0.1) is 0 Å². The van der Waals surface area contributed by atoms with Crippen LogP contribution in [0.1, 0.15) is 27.2 Å². The third-order valence-corrected chi connectivity index (χ3v) is 3.82. The molecule has 0 aromatic rings. The van der Waals surface area contributed by atoms with Crippen LogP contribution in [-0.4, -0.2) is 27.2 Å². The Kier molecular flexibility index (Phi) is 2.91. The van der Waals surface area contributed by atoms with Crippen LogP contribution < -0.4 is 4.72 Å². The largest absolute Gasteiger partial charge is 0.392 e. The average molecular weight is 191 g/mol. The van der Waals surface area contributed by atoms with Gasteiger partial charge in [0.15, 0.2) is 0 Å². The molecule has 0 aromatic carbocycles. The Hall–Kier alpha value is 0.0700. The molecule has 3 nitrogen and oxygen atoms in total. The van der Waals surface area contributed by atoms with Gasteiger partial charge in [0.2, 0.25) is 0 Å². The molecule has 1 aliphatic rings. The number of hydrogen-bond donors (Lipinski definition) is 2. The number of rotatable bonds is 3. The maximum absolute atomic E-state index is 11.1. The van der Waals surface area contributed by atoms with Gasteiger partial charge in [-0.2, -0.15) is 0 Å². The highest BCUT2D eigenvalue weighted by molar-refractivity contribution is 7.83. The van der Waals surface area contributed by atoms with Crippen LogP contribution in [0.25, 0.3) is 0 Å². The summed E-state index contributed by atoms with van der Waals surface area (Å²) in [6, 6.07) is 0.202. The van der Waals surface area contributed by atoms with Gasteiger partial charge in [0.25, 0.3) is 0 Å². The van der Waals surface area contributed by atoms with Crippen molar-refractivity contribution in [2.24, 2.45) is 5.41 Å². The molecule has 72 valence electrons. The van der Waals surface area contributed by atoms with E-state index in [0.29, 0.717) is 5.75 Å². The Morgan fingerprint density at radius 2 is 2.25 bits per heavy atom. The molecular formula is C8H17NO2S. The first-order valence-corrected chi connectivity index (χ1v) is 5.63. The summed E-state index contributed by atoms with van der Waals surface area (Å²) in [6.45, 7) is 5.86. The number of aliphatic hydroxyl groups is 1. The summed E-state index contributed by atoms with van der Waals surface area (Å²) >= 11 is 0. The Morgan fingerprint density at radius 3 is 2.58 bits per heavy atom. The molecule has 1 rings (SSSR count). The van der Waals surface area contributed by atoms with Crippen LogP contribution >= 0.6 is 0 Å². The van der Waals surface area contributed by atoms with Gasteiger partial charge in [0.1, 0.15) is 0 Å². The fourth-order valence-electron chi connectivity index (χ4n) is 1.34. The molecule has 0 heterocycles. The summed E-state index contributed by atoms with van der Waals surface area (Å²) in [5.74, 6) is 0.628. The monoisotopic (exact) mass is 191 g/mol. The Bertz CT molecular complexity index is 193. The molecule has 2 N–H and O–H groups in total. The quantitative estimate of drug-likeness (QED) is 0.679. The highest BCUT2D eigenvalue weighted by Gasteiger charge is 2.47. The van der Waals surface area contributed by atoms with Crippen molar-refractivity contribution in [3.63, 3.8) is 0 Å². The average Bonchev–Trinajstić information content (AvgIpc) is 2.03. The minimum Gasteiger partial charge on any atom is -0.392 e. The molecule has 3 unspecified atom stereocenters. The lowest BCUT2D eigenvalue weighted by Crippen LogP contribution is -2.60. The molecule has 3 atom stereocenters. The van der Waals surface area contributed by atoms with Crippen molar-refractivity contribution in [1.29, 1.82) is 0 Å². The van der Waals surface area contributed by atoms with Crippen molar-refractivity contribution >= 4 is 11.0 Å². The second-order valence-electron chi connectivity index (χ2n) is 3.88. The van der Waals surface area contributed by atoms with Gasteiger partial charge in [-0.1, -0.05) is 20.8 Å². The molecule has 0 aliphatic heterocycles. The van der Waals surface area contributed by atoms with Crippen LogP contribution in [0.5, 0.6) is 0 Å². The zero-order valence-corrected chi connectivity index (χ0v) is 8.65. The molecule has 0 spiro atoms. The van der Waals surface area contributed by atoms with E-state index < -0.39 is 11.0 Å². The predicted octanol–water partition coefficient (Wildman–Crippen LogP) is 0.419. The molecule has 4 heteroatoms. The van der Waals surface area contributed by atoms with Crippen molar-refractivity contribution in [3.05, 3.63) is 0 Å². The van der Waals surface area contributed by atoms with Crippen LogP contribution in [0.2, 0.25) is 0 Å². The fraction of sp³-hybridized carbons (Fsp3) is 1.00. The predicted molar refractivity (Wildman–Crippen MR) is 50.0 cm³/mol.